The summed E-state index contributed by atoms with van der Waals surface area (Å²) in [6.07, 6.45) is 1.53. The maximum Gasteiger partial charge on any atom is 0.326 e. The second-order valence-corrected chi connectivity index (χ2v) is 5.09. The maximum absolute atomic E-state index is 12.4. The number of pyridine rings is 1. The number of rotatable bonds is 3. The van der Waals surface area contributed by atoms with Crippen LogP contribution in [0.2, 0.25) is 0 Å². The molecule has 0 radical (unpaired) electrons. The van der Waals surface area contributed by atoms with Crippen molar-refractivity contribution in [1.82, 2.24) is 9.88 Å². The number of carboxylic acids is 1. The molecule has 102 valence electrons. The Bertz CT molecular complexity index is 508. The Morgan fingerprint density at radius 3 is 2.89 bits per heavy atom. The number of amides is 1. The lowest BCUT2D eigenvalue weighted by Crippen LogP contribution is -2.41. The number of nitrogens with zero attached hydrogens (tertiary/aromatic N) is 2. The van der Waals surface area contributed by atoms with E-state index in [-0.39, 0.29) is 18.3 Å². The quantitative estimate of drug-likeness (QED) is 0.900. The Hall–Kier alpha value is -1.47. The summed E-state index contributed by atoms with van der Waals surface area (Å²) in [4.78, 5) is 28.9. The number of hydrogen-bond acceptors (Lipinski definition) is 4. The van der Waals surface area contributed by atoms with Crippen LogP contribution in [0.4, 0.5) is 0 Å². The number of likely N-dealkylation sites (tertiary alicyclic amines) is 1. The molecule has 6 nitrogen and oxygen atoms in total. The van der Waals surface area contributed by atoms with Crippen LogP contribution < -0.4 is 0 Å². The molecule has 1 saturated heterocycles. The molecule has 0 aromatic carbocycles. The Balaban J connectivity index is 2.27. The molecule has 1 fully saturated rings. The molecular weight excluding hydrogens is 316 g/mol. The minimum atomic E-state index is -1.03. The largest absolute Gasteiger partial charge is 0.480 e. The van der Waals surface area contributed by atoms with Crippen LogP contribution in [0.1, 0.15) is 16.9 Å². The van der Waals surface area contributed by atoms with Crippen molar-refractivity contribution >= 4 is 27.8 Å². The molecule has 2 heterocycles. The number of hydrogen-bond donors (Lipinski definition) is 1. The molecule has 1 aliphatic rings. The van der Waals surface area contributed by atoms with Crippen molar-refractivity contribution in [3.63, 3.8) is 0 Å². The summed E-state index contributed by atoms with van der Waals surface area (Å²) in [7, 11) is 1.51. The number of halogens is 1. The SMILES string of the molecule is COC1CC(C(=O)O)N(C(=O)c2ncccc2Br)C1. The smallest absolute Gasteiger partial charge is 0.326 e. The van der Waals surface area contributed by atoms with Gasteiger partial charge in [0.05, 0.1) is 6.10 Å². The Morgan fingerprint density at radius 2 is 2.32 bits per heavy atom. The zero-order chi connectivity index (χ0) is 14.0. The van der Waals surface area contributed by atoms with Gasteiger partial charge in [0, 0.05) is 30.7 Å². The van der Waals surface area contributed by atoms with E-state index in [2.05, 4.69) is 20.9 Å². The van der Waals surface area contributed by atoms with Gasteiger partial charge < -0.3 is 14.7 Å². The third-order valence-electron chi connectivity index (χ3n) is 3.10. The van der Waals surface area contributed by atoms with Gasteiger partial charge >= 0.3 is 5.97 Å². The van der Waals surface area contributed by atoms with E-state index < -0.39 is 17.9 Å². The van der Waals surface area contributed by atoms with E-state index in [9.17, 15) is 14.7 Å². The minimum absolute atomic E-state index is 0.213. The van der Waals surface area contributed by atoms with E-state index in [4.69, 9.17) is 4.74 Å². The summed E-state index contributed by atoms with van der Waals surface area (Å²) in [5.74, 6) is -1.43. The first-order valence-corrected chi connectivity index (χ1v) is 6.51. The van der Waals surface area contributed by atoms with Gasteiger partial charge in [-0.25, -0.2) is 9.78 Å². The van der Waals surface area contributed by atoms with Gasteiger partial charge in [0.2, 0.25) is 0 Å². The average Bonchev–Trinajstić information content (AvgIpc) is 2.83. The normalized spacial score (nSPS) is 22.5. The number of carbonyl (C=O) groups excluding carboxylic acids is 1. The molecule has 2 rings (SSSR count). The third kappa shape index (κ3) is 2.76. The molecule has 1 aromatic rings. The number of ether oxygens (including phenoxy) is 1. The van der Waals surface area contributed by atoms with Crippen LogP contribution >= 0.6 is 15.9 Å². The number of carbonyl (C=O) groups is 2. The lowest BCUT2D eigenvalue weighted by Gasteiger charge is -2.21. The lowest BCUT2D eigenvalue weighted by atomic mass is 10.2. The molecular formula is C12H13BrN2O4. The van der Waals surface area contributed by atoms with Crippen LogP contribution in [-0.2, 0) is 9.53 Å². The van der Waals surface area contributed by atoms with E-state index in [1.807, 2.05) is 0 Å². The fourth-order valence-corrected chi connectivity index (χ4v) is 2.53. The van der Waals surface area contributed by atoms with E-state index in [0.717, 1.165) is 0 Å². The first kappa shape index (κ1) is 14.0. The van der Waals surface area contributed by atoms with Gasteiger partial charge in [-0.15, -0.1) is 0 Å². The summed E-state index contributed by atoms with van der Waals surface area (Å²) in [6.45, 7) is 0.259. The highest BCUT2D eigenvalue weighted by atomic mass is 79.9. The van der Waals surface area contributed by atoms with Gasteiger partial charge in [0.15, 0.2) is 0 Å². The van der Waals surface area contributed by atoms with Gasteiger partial charge in [-0.3, -0.25) is 4.79 Å². The first-order chi connectivity index (χ1) is 9.04. The Labute approximate surface area is 118 Å². The second kappa shape index (κ2) is 5.66. The van der Waals surface area contributed by atoms with E-state index in [1.54, 1.807) is 12.1 Å². The van der Waals surface area contributed by atoms with Crippen LogP contribution in [0.15, 0.2) is 22.8 Å². The number of carboxylic acid groups (broad SMARTS) is 1. The zero-order valence-electron chi connectivity index (χ0n) is 10.2. The zero-order valence-corrected chi connectivity index (χ0v) is 11.8. The standard InChI is InChI=1S/C12H13BrN2O4/c1-19-7-5-9(12(17)18)15(6-7)11(16)10-8(13)3-2-4-14-10/h2-4,7,9H,5-6H2,1H3,(H,17,18). The maximum atomic E-state index is 12.4. The minimum Gasteiger partial charge on any atom is -0.480 e. The van der Waals surface area contributed by atoms with Crippen LogP contribution in [0.5, 0.6) is 0 Å². The second-order valence-electron chi connectivity index (χ2n) is 4.24. The number of aromatic nitrogens is 1. The molecule has 0 aliphatic carbocycles. The van der Waals surface area contributed by atoms with E-state index in [1.165, 1.54) is 18.2 Å². The molecule has 19 heavy (non-hydrogen) atoms. The summed E-state index contributed by atoms with van der Waals surface area (Å²) in [5.41, 5.74) is 0.213. The van der Waals surface area contributed by atoms with E-state index >= 15 is 0 Å². The van der Waals surface area contributed by atoms with Crippen LogP contribution in [0, 0.1) is 0 Å². The molecule has 2 atom stereocenters. The first-order valence-electron chi connectivity index (χ1n) is 5.71. The Kier molecular flexibility index (Phi) is 4.16. The van der Waals surface area contributed by atoms with Gasteiger partial charge in [-0.05, 0) is 28.1 Å². The highest BCUT2D eigenvalue weighted by Gasteiger charge is 2.40. The molecule has 2 unspecified atom stereocenters. The fourth-order valence-electron chi connectivity index (χ4n) is 2.11. The molecule has 1 aromatic heterocycles. The van der Waals surface area contributed by atoms with Crippen molar-refractivity contribution in [1.29, 1.82) is 0 Å². The molecule has 0 bridgehead atoms. The summed E-state index contributed by atoms with van der Waals surface area (Å²) < 4.78 is 5.70. The number of aliphatic carboxylic acids is 1. The van der Waals surface area contributed by atoms with E-state index in [0.29, 0.717) is 10.9 Å². The number of methoxy groups -OCH3 is 1. The predicted octanol–water partition coefficient (Wildman–Crippen LogP) is 1.16. The topological polar surface area (TPSA) is 79.7 Å². The van der Waals surface area contributed by atoms with Crippen molar-refractivity contribution in [3.8, 4) is 0 Å². The van der Waals surface area contributed by atoms with Crippen LogP contribution in [0.3, 0.4) is 0 Å². The van der Waals surface area contributed by atoms with Crippen molar-refractivity contribution in [2.75, 3.05) is 13.7 Å². The monoisotopic (exact) mass is 328 g/mol. The Morgan fingerprint density at radius 1 is 1.58 bits per heavy atom. The third-order valence-corrected chi connectivity index (χ3v) is 3.74. The van der Waals surface area contributed by atoms with Gasteiger partial charge in [0.1, 0.15) is 11.7 Å². The molecule has 0 spiro atoms. The van der Waals surface area contributed by atoms with Crippen molar-refractivity contribution in [2.45, 2.75) is 18.6 Å². The molecule has 0 saturated carbocycles. The summed E-state index contributed by atoms with van der Waals surface area (Å²) in [6, 6.07) is 2.52. The molecule has 1 amide bonds. The highest BCUT2D eigenvalue weighted by Crippen LogP contribution is 2.24. The summed E-state index contributed by atoms with van der Waals surface area (Å²) in [5, 5.41) is 9.18. The molecule has 1 aliphatic heterocycles. The fraction of sp³-hybridized carbons (Fsp3) is 0.417. The van der Waals surface area contributed by atoms with Crippen molar-refractivity contribution < 1.29 is 19.4 Å². The van der Waals surface area contributed by atoms with Gasteiger partial charge in [-0.1, -0.05) is 0 Å². The molecule has 1 N–H and O–H groups in total. The lowest BCUT2D eigenvalue weighted by molar-refractivity contribution is -0.141. The average molecular weight is 329 g/mol. The predicted molar refractivity (Wildman–Crippen MR) is 69.8 cm³/mol. The summed E-state index contributed by atoms with van der Waals surface area (Å²) >= 11 is 3.24. The van der Waals surface area contributed by atoms with Crippen molar-refractivity contribution in [3.05, 3.63) is 28.5 Å². The van der Waals surface area contributed by atoms with Crippen LogP contribution in [0.25, 0.3) is 0 Å². The van der Waals surface area contributed by atoms with Gasteiger partial charge in [-0.2, -0.15) is 0 Å². The molecule has 7 heteroatoms. The van der Waals surface area contributed by atoms with Gasteiger partial charge in [0.25, 0.3) is 5.91 Å². The van der Waals surface area contributed by atoms with Crippen LogP contribution in [-0.4, -0.2) is 52.7 Å². The van der Waals surface area contributed by atoms with Crippen molar-refractivity contribution in [2.24, 2.45) is 0 Å². The highest BCUT2D eigenvalue weighted by molar-refractivity contribution is 9.10.